The summed E-state index contributed by atoms with van der Waals surface area (Å²) in [5.41, 5.74) is 3.58. The normalized spacial score (nSPS) is 14.5. The highest BCUT2D eigenvalue weighted by Gasteiger charge is 2.32. The fourth-order valence-corrected chi connectivity index (χ4v) is 5.98. The third-order valence-electron chi connectivity index (χ3n) is 5.90. The maximum Gasteiger partial charge on any atom is 0.573 e. The van der Waals surface area contributed by atoms with E-state index >= 15 is 0 Å². The molecule has 3 heterocycles. The van der Waals surface area contributed by atoms with Crippen LogP contribution in [0.1, 0.15) is 5.56 Å². The molecule has 0 unspecified atom stereocenters. The Hall–Kier alpha value is -4.26. The number of rotatable bonds is 7. The number of ether oxygens (including phenoxy) is 1. The largest absolute Gasteiger partial charge is 0.573 e. The van der Waals surface area contributed by atoms with E-state index in [9.17, 15) is 21.6 Å². The predicted molar refractivity (Wildman–Crippen MR) is 142 cm³/mol. The number of benzene rings is 2. The van der Waals surface area contributed by atoms with Gasteiger partial charge in [-0.05, 0) is 48.5 Å². The highest BCUT2D eigenvalue weighted by Crippen LogP contribution is 2.29. The topological polar surface area (TPSA) is 124 Å². The lowest BCUT2D eigenvalue weighted by atomic mass is 10.2. The Morgan fingerprint density at radius 3 is 2.30 bits per heavy atom. The summed E-state index contributed by atoms with van der Waals surface area (Å²) in [5.74, 6) is 0.404. The van der Waals surface area contributed by atoms with Crippen LogP contribution in [-0.4, -0.2) is 60.2 Å². The molecule has 0 saturated carbocycles. The molecule has 1 aliphatic heterocycles. The van der Waals surface area contributed by atoms with Crippen LogP contribution in [0.15, 0.2) is 71.2 Å². The molecule has 1 N–H and O–H groups in total. The zero-order valence-electron chi connectivity index (χ0n) is 20.5. The average molecular weight is 588 g/mol. The second-order valence-electron chi connectivity index (χ2n) is 8.53. The standard InChI is InChI=1S/C25H20F3N7O3S2/c26-25(27,28)38-19-5-7-20(8-6-19)40(36,37)35-11-9-34(10-12-35)24-32-21(22-15-30-16-39-22)13-23(33-24)31-18-3-1-17(14-29)2-4-18/h1-8,13,15-16H,9-12H2,(H,31,32,33). The highest BCUT2D eigenvalue weighted by atomic mass is 32.2. The number of nitrogens with zero attached hydrogens (tertiary/aromatic N) is 6. The van der Waals surface area contributed by atoms with Crippen molar-refractivity contribution in [3.05, 3.63) is 71.9 Å². The predicted octanol–water partition coefficient (Wildman–Crippen LogP) is 4.62. The van der Waals surface area contributed by atoms with Gasteiger partial charge in [0, 0.05) is 44.1 Å². The van der Waals surface area contributed by atoms with Gasteiger partial charge in [0.25, 0.3) is 0 Å². The van der Waals surface area contributed by atoms with E-state index in [1.54, 1.807) is 42.0 Å². The summed E-state index contributed by atoms with van der Waals surface area (Å²) in [6.45, 7) is 0.819. The lowest BCUT2D eigenvalue weighted by Gasteiger charge is -2.34. The van der Waals surface area contributed by atoms with Crippen LogP contribution in [0.25, 0.3) is 10.6 Å². The first kappa shape index (κ1) is 27.3. The SMILES string of the molecule is N#Cc1ccc(Nc2cc(-c3cncs3)nc(N3CCN(S(=O)(=O)c4ccc(OC(F)(F)F)cc4)CC3)n2)cc1. The van der Waals surface area contributed by atoms with Crippen molar-refractivity contribution in [2.45, 2.75) is 11.3 Å². The molecular formula is C25H20F3N7O3S2. The Balaban J connectivity index is 1.33. The summed E-state index contributed by atoms with van der Waals surface area (Å²) < 4.78 is 68.6. The van der Waals surface area contributed by atoms with E-state index in [4.69, 9.17) is 5.26 Å². The van der Waals surface area contributed by atoms with Gasteiger partial charge in [-0.2, -0.15) is 14.6 Å². The first-order valence-corrected chi connectivity index (χ1v) is 14.1. The molecule has 2 aromatic heterocycles. The van der Waals surface area contributed by atoms with E-state index in [1.165, 1.54) is 15.6 Å². The number of piperazine rings is 1. The molecule has 0 amide bonds. The van der Waals surface area contributed by atoms with Gasteiger partial charge in [0.2, 0.25) is 16.0 Å². The molecule has 4 aromatic rings. The van der Waals surface area contributed by atoms with Crippen molar-refractivity contribution in [1.82, 2.24) is 19.3 Å². The second-order valence-corrected chi connectivity index (χ2v) is 11.4. The molecular weight excluding hydrogens is 567 g/mol. The third-order valence-corrected chi connectivity index (χ3v) is 8.61. The van der Waals surface area contributed by atoms with Crippen LogP contribution in [0.4, 0.5) is 30.6 Å². The molecule has 0 radical (unpaired) electrons. The summed E-state index contributed by atoms with van der Waals surface area (Å²) >= 11 is 1.41. The van der Waals surface area contributed by atoms with Crippen molar-refractivity contribution in [2.75, 3.05) is 36.4 Å². The van der Waals surface area contributed by atoms with Crippen molar-refractivity contribution in [2.24, 2.45) is 0 Å². The average Bonchev–Trinajstić information content (AvgIpc) is 3.48. The monoisotopic (exact) mass is 587 g/mol. The summed E-state index contributed by atoms with van der Waals surface area (Å²) in [7, 11) is -3.94. The molecule has 0 atom stereocenters. The summed E-state index contributed by atoms with van der Waals surface area (Å²) in [6, 6.07) is 14.9. The van der Waals surface area contributed by atoms with Crippen LogP contribution in [0, 0.1) is 11.3 Å². The van der Waals surface area contributed by atoms with Crippen molar-refractivity contribution in [3.63, 3.8) is 0 Å². The molecule has 15 heteroatoms. The lowest BCUT2D eigenvalue weighted by Crippen LogP contribution is -2.49. The fourth-order valence-electron chi connectivity index (χ4n) is 3.98. The maximum atomic E-state index is 13.1. The number of hydrogen-bond acceptors (Lipinski definition) is 10. The Morgan fingerprint density at radius 1 is 1.00 bits per heavy atom. The molecule has 5 rings (SSSR count). The van der Waals surface area contributed by atoms with Crippen LogP contribution >= 0.6 is 11.3 Å². The van der Waals surface area contributed by atoms with E-state index in [1.807, 2.05) is 4.90 Å². The van der Waals surface area contributed by atoms with E-state index in [2.05, 4.69) is 31.1 Å². The van der Waals surface area contributed by atoms with Gasteiger partial charge in [0.1, 0.15) is 11.6 Å². The molecule has 206 valence electrons. The minimum Gasteiger partial charge on any atom is -0.406 e. The minimum atomic E-state index is -4.87. The van der Waals surface area contributed by atoms with Crippen molar-refractivity contribution < 1.29 is 26.3 Å². The number of anilines is 3. The Kier molecular flexibility index (Phi) is 7.57. The van der Waals surface area contributed by atoms with Crippen molar-refractivity contribution >= 4 is 38.8 Å². The summed E-state index contributed by atoms with van der Waals surface area (Å²) in [4.78, 5) is 16.0. The number of hydrogen-bond donors (Lipinski definition) is 1. The Morgan fingerprint density at radius 2 is 1.70 bits per heavy atom. The number of nitriles is 1. The molecule has 0 spiro atoms. The number of thiazole rings is 1. The second kappa shape index (κ2) is 11.1. The smallest absolute Gasteiger partial charge is 0.406 e. The van der Waals surface area contributed by atoms with Gasteiger partial charge in [-0.1, -0.05) is 0 Å². The molecule has 1 saturated heterocycles. The van der Waals surface area contributed by atoms with Crippen LogP contribution in [0.5, 0.6) is 5.75 Å². The van der Waals surface area contributed by atoms with Gasteiger partial charge in [0.15, 0.2) is 0 Å². The maximum absolute atomic E-state index is 13.1. The zero-order chi connectivity index (χ0) is 28.3. The van der Waals surface area contributed by atoms with Crippen LogP contribution in [-0.2, 0) is 10.0 Å². The van der Waals surface area contributed by atoms with E-state index in [0.29, 0.717) is 23.0 Å². The van der Waals surface area contributed by atoms with E-state index < -0.39 is 22.1 Å². The van der Waals surface area contributed by atoms with E-state index in [0.717, 1.165) is 34.8 Å². The number of sulfonamides is 1. The van der Waals surface area contributed by atoms with Crippen LogP contribution in [0.3, 0.4) is 0 Å². The zero-order valence-corrected chi connectivity index (χ0v) is 22.2. The Bertz CT molecular complexity index is 1620. The van der Waals surface area contributed by atoms with Gasteiger partial charge in [-0.3, -0.25) is 4.98 Å². The quantitative estimate of drug-likeness (QED) is 0.330. The molecule has 10 nitrogen and oxygen atoms in total. The first-order chi connectivity index (χ1) is 19.1. The van der Waals surface area contributed by atoms with Crippen LogP contribution < -0.4 is 15.0 Å². The third kappa shape index (κ3) is 6.30. The molecule has 0 bridgehead atoms. The highest BCUT2D eigenvalue weighted by molar-refractivity contribution is 7.89. The van der Waals surface area contributed by atoms with Crippen LogP contribution in [0.2, 0.25) is 0 Å². The van der Waals surface area contributed by atoms with Gasteiger partial charge < -0.3 is 15.0 Å². The fraction of sp³-hybridized carbons (Fsp3) is 0.200. The number of alkyl halides is 3. The van der Waals surface area contributed by atoms with Crippen molar-refractivity contribution in [1.29, 1.82) is 5.26 Å². The first-order valence-electron chi connectivity index (χ1n) is 11.8. The number of nitrogens with one attached hydrogen (secondary N) is 1. The summed E-state index contributed by atoms with van der Waals surface area (Å²) in [6.07, 6.45) is -3.18. The molecule has 0 aliphatic carbocycles. The van der Waals surface area contributed by atoms with Gasteiger partial charge in [0.05, 0.1) is 32.6 Å². The molecule has 1 fully saturated rings. The molecule has 1 aliphatic rings. The number of halogens is 3. The van der Waals surface area contributed by atoms with Crippen molar-refractivity contribution in [3.8, 4) is 22.4 Å². The molecule has 40 heavy (non-hydrogen) atoms. The lowest BCUT2D eigenvalue weighted by molar-refractivity contribution is -0.274. The Labute approximate surface area is 231 Å². The van der Waals surface area contributed by atoms with Gasteiger partial charge in [-0.15, -0.1) is 24.5 Å². The number of aromatic nitrogens is 3. The molecule has 2 aromatic carbocycles. The van der Waals surface area contributed by atoms with Gasteiger partial charge >= 0.3 is 6.36 Å². The minimum absolute atomic E-state index is 0.121. The summed E-state index contributed by atoms with van der Waals surface area (Å²) in [5, 5.41) is 12.3. The van der Waals surface area contributed by atoms with E-state index in [-0.39, 0.29) is 31.1 Å². The van der Waals surface area contributed by atoms with Gasteiger partial charge in [-0.25, -0.2) is 13.4 Å².